The number of aryl methyl sites for hydroxylation is 1. The molecule has 0 aliphatic heterocycles. The molecule has 140 valence electrons. The van der Waals surface area contributed by atoms with Gasteiger partial charge in [0.2, 0.25) is 0 Å². The van der Waals surface area contributed by atoms with Crippen LogP contribution in [0.4, 0.5) is 0 Å². The third kappa shape index (κ3) is 5.99. The van der Waals surface area contributed by atoms with E-state index >= 15 is 0 Å². The molecule has 0 radical (unpaired) electrons. The van der Waals surface area contributed by atoms with Gasteiger partial charge in [-0.05, 0) is 50.1 Å². The molecule has 0 bridgehead atoms. The number of hydrogen-bond acceptors (Lipinski definition) is 3. The second-order valence-electron chi connectivity index (χ2n) is 6.41. The van der Waals surface area contributed by atoms with Crippen LogP contribution in [-0.4, -0.2) is 26.2 Å². The van der Waals surface area contributed by atoms with Gasteiger partial charge >= 0.3 is 0 Å². The number of rotatable bonds is 7. The van der Waals surface area contributed by atoms with Crippen LogP contribution in [0.15, 0.2) is 47.5 Å². The fourth-order valence-electron chi connectivity index (χ4n) is 2.58. The van der Waals surface area contributed by atoms with Gasteiger partial charge in [0.1, 0.15) is 11.5 Å². The van der Waals surface area contributed by atoms with Gasteiger partial charge in [-0.2, -0.15) is 0 Å². The van der Waals surface area contributed by atoms with Crippen molar-refractivity contribution in [3.8, 4) is 11.5 Å². The van der Waals surface area contributed by atoms with Gasteiger partial charge in [0, 0.05) is 25.7 Å². The van der Waals surface area contributed by atoms with Gasteiger partial charge in [-0.3, -0.25) is 4.99 Å². The maximum atomic E-state index is 5.74. The van der Waals surface area contributed by atoms with E-state index in [4.69, 9.17) is 9.47 Å². The molecule has 0 heterocycles. The summed E-state index contributed by atoms with van der Waals surface area (Å²) < 4.78 is 11.2. The van der Waals surface area contributed by atoms with Crippen molar-refractivity contribution in [1.29, 1.82) is 0 Å². The highest BCUT2D eigenvalue weighted by Gasteiger charge is 2.05. The number of hydrogen-bond donors (Lipinski definition) is 2. The standard InChI is InChI=1S/C21H29N3O2/c1-15(2)26-19-8-6-7-17(12-19)13-23-21(22-4)24-14-18-10-9-16(3)11-20(18)25-5/h6-12,15H,13-14H2,1-5H3,(H2,22,23,24). The first-order valence-corrected chi connectivity index (χ1v) is 8.85. The monoisotopic (exact) mass is 355 g/mol. The average Bonchev–Trinajstić information content (AvgIpc) is 2.62. The van der Waals surface area contributed by atoms with Crippen molar-refractivity contribution in [2.45, 2.75) is 40.0 Å². The van der Waals surface area contributed by atoms with E-state index in [0.29, 0.717) is 13.1 Å². The molecule has 2 rings (SSSR count). The molecule has 0 saturated carbocycles. The van der Waals surface area contributed by atoms with Crippen molar-refractivity contribution in [3.05, 3.63) is 59.2 Å². The highest BCUT2D eigenvalue weighted by Crippen LogP contribution is 2.19. The molecule has 2 aromatic rings. The number of guanidine groups is 1. The summed E-state index contributed by atoms with van der Waals surface area (Å²) in [5, 5.41) is 6.65. The Labute approximate surface area is 156 Å². The Hall–Kier alpha value is -2.69. The van der Waals surface area contributed by atoms with Crippen molar-refractivity contribution in [3.63, 3.8) is 0 Å². The smallest absolute Gasteiger partial charge is 0.191 e. The summed E-state index contributed by atoms with van der Waals surface area (Å²) in [6, 6.07) is 14.3. The molecule has 0 unspecified atom stereocenters. The lowest BCUT2D eigenvalue weighted by atomic mass is 10.1. The highest BCUT2D eigenvalue weighted by atomic mass is 16.5. The number of nitrogens with one attached hydrogen (secondary N) is 2. The second-order valence-corrected chi connectivity index (χ2v) is 6.41. The maximum Gasteiger partial charge on any atom is 0.191 e. The van der Waals surface area contributed by atoms with Gasteiger partial charge in [-0.1, -0.05) is 24.3 Å². The van der Waals surface area contributed by atoms with Gasteiger partial charge in [-0.25, -0.2) is 0 Å². The SMILES string of the molecule is CN=C(NCc1cccc(OC(C)C)c1)NCc1ccc(C)cc1OC. The summed E-state index contributed by atoms with van der Waals surface area (Å²) in [5.41, 5.74) is 3.41. The van der Waals surface area contributed by atoms with Crippen LogP contribution in [-0.2, 0) is 13.1 Å². The minimum atomic E-state index is 0.164. The molecule has 0 atom stereocenters. The first kappa shape index (κ1) is 19.6. The van der Waals surface area contributed by atoms with Gasteiger partial charge in [0.05, 0.1) is 13.2 Å². The Morgan fingerprint density at radius 1 is 1.08 bits per heavy atom. The van der Waals surface area contributed by atoms with Crippen LogP contribution in [0.1, 0.15) is 30.5 Å². The maximum absolute atomic E-state index is 5.74. The zero-order valence-corrected chi connectivity index (χ0v) is 16.3. The van der Waals surface area contributed by atoms with E-state index in [1.54, 1.807) is 14.2 Å². The first-order chi connectivity index (χ1) is 12.5. The summed E-state index contributed by atoms with van der Waals surface area (Å²) in [6.07, 6.45) is 0.164. The molecule has 0 aliphatic rings. The van der Waals surface area contributed by atoms with E-state index in [2.05, 4.69) is 40.7 Å². The molecule has 2 N–H and O–H groups in total. The topological polar surface area (TPSA) is 54.9 Å². The molecule has 26 heavy (non-hydrogen) atoms. The number of methoxy groups -OCH3 is 1. The zero-order valence-electron chi connectivity index (χ0n) is 16.3. The van der Waals surface area contributed by atoms with Gasteiger partial charge in [0.15, 0.2) is 5.96 Å². The summed E-state index contributed by atoms with van der Waals surface area (Å²) in [7, 11) is 3.46. The third-order valence-electron chi connectivity index (χ3n) is 3.84. The van der Waals surface area contributed by atoms with Crippen LogP contribution < -0.4 is 20.1 Å². The lowest BCUT2D eigenvalue weighted by Crippen LogP contribution is -2.36. The Bertz CT molecular complexity index is 742. The second kappa shape index (κ2) is 9.70. The molecule has 0 fully saturated rings. The Kier molecular flexibility index (Phi) is 7.33. The molecule has 2 aromatic carbocycles. The predicted octanol–water partition coefficient (Wildman–Crippen LogP) is 3.66. The quantitative estimate of drug-likeness (QED) is 0.588. The van der Waals surface area contributed by atoms with Crippen molar-refractivity contribution >= 4 is 5.96 Å². The van der Waals surface area contributed by atoms with E-state index in [1.165, 1.54) is 5.56 Å². The minimum Gasteiger partial charge on any atom is -0.496 e. The Morgan fingerprint density at radius 2 is 1.85 bits per heavy atom. The number of aliphatic imine (C=N–C) groups is 1. The van der Waals surface area contributed by atoms with E-state index < -0.39 is 0 Å². The van der Waals surface area contributed by atoms with Crippen molar-refractivity contribution < 1.29 is 9.47 Å². The molecule has 0 aromatic heterocycles. The van der Waals surface area contributed by atoms with Crippen molar-refractivity contribution in [2.24, 2.45) is 4.99 Å². The first-order valence-electron chi connectivity index (χ1n) is 8.85. The van der Waals surface area contributed by atoms with Crippen LogP contribution in [0.5, 0.6) is 11.5 Å². The molecule has 0 aliphatic carbocycles. The van der Waals surface area contributed by atoms with Gasteiger partial charge in [-0.15, -0.1) is 0 Å². The molecule has 5 nitrogen and oxygen atoms in total. The van der Waals surface area contributed by atoms with E-state index in [-0.39, 0.29) is 6.10 Å². The lowest BCUT2D eigenvalue weighted by molar-refractivity contribution is 0.242. The van der Waals surface area contributed by atoms with E-state index in [9.17, 15) is 0 Å². The normalized spacial score (nSPS) is 11.4. The van der Waals surface area contributed by atoms with Crippen LogP contribution >= 0.6 is 0 Å². The van der Waals surface area contributed by atoms with Crippen LogP contribution in [0.3, 0.4) is 0 Å². The predicted molar refractivity (Wildman–Crippen MR) is 107 cm³/mol. The van der Waals surface area contributed by atoms with Crippen molar-refractivity contribution in [2.75, 3.05) is 14.2 Å². The zero-order chi connectivity index (χ0) is 18.9. The molecule has 0 amide bonds. The average molecular weight is 355 g/mol. The van der Waals surface area contributed by atoms with Crippen molar-refractivity contribution in [1.82, 2.24) is 10.6 Å². The minimum absolute atomic E-state index is 0.164. The van der Waals surface area contributed by atoms with E-state index in [0.717, 1.165) is 28.6 Å². The fourth-order valence-corrected chi connectivity index (χ4v) is 2.58. The number of ether oxygens (including phenoxy) is 2. The van der Waals surface area contributed by atoms with Crippen LogP contribution in [0, 0.1) is 6.92 Å². The summed E-state index contributed by atoms with van der Waals surface area (Å²) in [6.45, 7) is 7.41. The lowest BCUT2D eigenvalue weighted by Gasteiger charge is -2.15. The van der Waals surface area contributed by atoms with Crippen LogP contribution in [0.2, 0.25) is 0 Å². The molecule has 0 saturated heterocycles. The third-order valence-corrected chi connectivity index (χ3v) is 3.84. The summed E-state index contributed by atoms with van der Waals surface area (Å²) >= 11 is 0. The van der Waals surface area contributed by atoms with Crippen LogP contribution in [0.25, 0.3) is 0 Å². The highest BCUT2D eigenvalue weighted by molar-refractivity contribution is 5.79. The van der Waals surface area contributed by atoms with Gasteiger partial charge in [0.25, 0.3) is 0 Å². The Balaban J connectivity index is 1.92. The number of nitrogens with zero attached hydrogens (tertiary/aromatic N) is 1. The summed E-state index contributed by atoms with van der Waals surface area (Å²) in [5.74, 6) is 2.50. The number of benzene rings is 2. The summed E-state index contributed by atoms with van der Waals surface area (Å²) in [4.78, 5) is 4.28. The fraction of sp³-hybridized carbons (Fsp3) is 0.381. The molecular formula is C21H29N3O2. The Morgan fingerprint density at radius 3 is 2.54 bits per heavy atom. The molecule has 5 heteroatoms. The largest absolute Gasteiger partial charge is 0.496 e. The van der Waals surface area contributed by atoms with Gasteiger partial charge < -0.3 is 20.1 Å². The molecule has 0 spiro atoms. The van der Waals surface area contributed by atoms with E-state index in [1.807, 2.05) is 38.1 Å². The molecular weight excluding hydrogens is 326 g/mol.